The molecule has 0 saturated heterocycles. The molecule has 0 heterocycles. The number of hydrogen-bond donors (Lipinski definition) is 1. The molecule has 0 aliphatic heterocycles. The lowest BCUT2D eigenvalue weighted by molar-refractivity contribution is 0.100. The van der Waals surface area contributed by atoms with Crippen molar-refractivity contribution in [3.05, 3.63) is 94.0 Å². The quantitative estimate of drug-likeness (QED) is 0.588. The molecule has 0 spiro atoms. The third-order valence-electron chi connectivity index (χ3n) is 5.76. The van der Waals surface area contributed by atoms with Crippen LogP contribution in [0.3, 0.4) is 0 Å². The lowest BCUT2D eigenvalue weighted by Crippen LogP contribution is -2.14. The maximum Gasteiger partial charge on any atom is 0.249 e. The standard InChI is InChI=1S/C23H19NO/c24-23(25)20-10-9-18(17-11-14-5-1-2-6-15(14)12-17)21-13-16-7-3-4-8-19(16)22(20)21/h1-10,17H,11-13H2,(H2,24,25). The van der Waals surface area contributed by atoms with Gasteiger partial charge in [0.05, 0.1) is 0 Å². The van der Waals surface area contributed by atoms with E-state index in [2.05, 4.69) is 48.5 Å². The van der Waals surface area contributed by atoms with Crippen molar-refractivity contribution in [2.24, 2.45) is 5.73 Å². The molecular weight excluding hydrogens is 306 g/mol. The van der Waals surface area contributed by atoms with E-state index < -0.39 is 0 Å². The average Bonchev–Trinajstić information content (AvgIpc) is 3.22. The van der Waals surface area contributed by atoms with Crippen molar-refractivity contribution in [1.29, 1.82) is 0 Å². The van der Waals surface area contributed by atoms with Crippen LogP contribution in [-0.2, 0) is 19.3 Å². The van der Waals surface area contributed by atoms with Gasteiger partial charge in [0.1, 0.15) is 0 Å². The van der Waals surface area contributed by atoms with Crippen molar-refractivity contribution in [3.63, 3.8) is 0 Å². The molecule has 0 saturated carbocycles. The number of carbonyl (C=O) groups excluding carboxylic acids is 1. The van der Waals surface area contributed by atoms with Gasteiger partial charge in [-0.2, -0.15) is 0 Å². The van der Waals surface area contributed by atoms with E-state index in [0.717, 1.165) is 24.8 Å². The van der Waals surface area contributed by atoms with E-state index in [1.54, 1.807) is 0 Å². The zero-order valence-electron chi connectivity index (χ0n) is 14.0. The Kier molecular flexibility index (Phi) is 3.08. The van der Waals surface area contributed by atoms with E-state index >= 15 is 0 Å². The van der Waals surface area contributed by atoms with Crippen LogP contribution in [-0.4, -0.2) is 5.91 Å². The molecule has 3 aromatic rings. The molecule has 25 heavy (non-hydrogen) atoms. The number of fused-ring (bicyclic) bond motifs is 4. The van der Waals surface area contributed by atoms with Gasteiger partial charge >= 0.3 is 0 Å². The Morgan fingerprint density at radius 2 is 1.48 bits per heavy atom. The smallest absolute Gasteiger partial charge is 0.249 e. The molecule has 0 unspecified atom stereocenters. The molecule has 0 atom stereocenters. The van der Waals surface area contributed by atoms with Crippen LogP contribution in [0.15, 0.2) is 60.7 Å². The molecule has 0 bridgehead atoms. The summed E-state index contributed by atoms with van der Waals surface area (Å²) in [6, 6.07) is 21.2. The number of carbonyl (C=O) groups is 1. The second-order valence-corrected chi connectivity index (χ2v) is 7.13. The third-order valence-corrected chi connectivity index (χ3v) is 5.76. The Morgan fingerprint density at radius 1 is 0.840 bits per heavy atom. The highest BCUT2D eigenvalue weighted by Gasteiger charge is 2.30. The van der Waals surface area contributed by atoms with Crippen molar-refractivity contribution in [2.75, 3.05) is 0 Å². The maximum absolute atomic E-state index is 12.0. The molecule has 2 aliphatic carbocycles. The number of hydrogen-bond acceptors (Lipinski definition) is 1. The average molecular weight is 325 g/mol. The fourth-order valence-electron chi connectivity index (χ4n) is 4.64. The molecular formula is C23H19NO. The lowest BCUT2D eigenvalue weighted by Gasteiger charge is -2.17. The number of benzene rings is 3. The summed E-state index contributed by atoms with van der Waals surface area (Å²) in [6.45, 7) is 0. The lowest BCUT2D eigenvalue weighted by atomic mass is 9.87. The Balaban J connectivity index is 1.66. The molecule has 2 nitrogen and oxygen atoms in total. The first-order valence-electron chi connectivity index (χ1n) is 8.83. The van der Waals surface area contributed by atoms with Crippen LogP contribution in [0, 0.1) is 0 Å². The first-order chi connectivity index (χ1) is 12.2. The van der Waals surface area contributed by atoms with E-state index in [0.29, 0.717) is 11.5 Å². The van der Waals surface area contributed by atoms with Crippen LogP contribution in [0.1, 0.15) is 44.1 Å². The number of nitrogens with two attached hydrogens (primary N) is 1. The van der Waals surface area contributed by atoms with E-state index in [1.807, 2.05) is 12.1 Å². The van der Waals surface area contributed by atoms with Crippen LogP contribution in [0.2, 0.25) is 0 Å². The molecule has 122 valence electrons. The van der Waals surface area contributed by atoms with Gasteiger partial charge in [-0.05, 0) is 70.2 Å². The van der Waals surface area contributed by atoms with Gasteiger partial charge in [-0.3, -0.25) is 4.79 Å². The predicted octanol–water partition coefficient (Wildman–Crippen LogP) is 4.24. The monoisotopic (exact) mass is 325 g/mol. The highest BCUT2D eigenvalue weighted by molar-refractivity contribution is 6.02. The van der Waals surface area contributed by atoms with Gasteiger partial charge in [0.15, 0.2) is 0 Å². The Bertz CT molecular complexity index is 993. The fourth-order valence-corrected chi connectivity index (χ4v) is 4.64. The van der Waals surface area contributed by atoms with Gasteiger partial charge in [-0.25, -0.2) is 0 Å². The van der Waals surface area contributed by atoms with Gasteiger partial charge in [-0.15, -0.1) is 0 Å². The first-order valence-corrected chi connectivity index (χ1v) is 8.83. The van der Waals surface area contributed by atoms with Gasteiger partial charge < -0.3 is 5.73 Å². The molecule has 3 aromatic carbocycles. The largest absolute Gasteiger partial charge is 0.366 e. The van der Waals surface area contributed by atoms with Crippen LogP contribution < -0.4 is 5.73 Å². The van der Waals surface area contributed by atoms with Gasteiger partial charge in [0.25, 0.3) is 0 Å². The molecule has 5 rings (SSSR count). The van der Waals surface area contributed by atoms with Crippen LogP contribution in [0.5, 0.6) is 0 Å². The van der Waals surface area contributed by atoms with E-state index in [9.17, 15) is 4.79 Å². The number of primary amides is 1. The minimum Gasteiger partial charge on any atom is -0.366 e. The Hall–Kier alpha value is -2.87. The molecule has 0 aromatic heterocycles. The number of amides is 1. The zero-order chi connectivity index (χ0) is 17.0. The van der Waals surface area contributed by atoms with Crippen molar-refractivity contribution in [1.82, 2.24) is 0 Å². The molecule has 2 aliphatic rings. The summed E-state index contributed by atoms with van der Waals surface area (Å²) in [7, 11) is 0. The van der Waals surface area contributed by atoms with Crippen LogP contribution >= 0.6 is 0 Å². The summed E-state index contributed by atoms with van der Waals surface area (Å²) >= 11 is 0. The summed E-state index contributed by atoms with van der Waals surface area (Å²) in [6.07, 6.45) is 3.05. The van der Waals surface area contributed by atoms with Gasteiger partial charge in [0, 0.05) is 5.56 Å². The van der Waals surface area contributed by atoms with Gasteiger partial charge in [0.2, 0.25) is 5.91 Å². The van der Waals surface area contributed by atoms with Crippen molar-refractivity contribution in [2.45, 2.75) is 25.2 Å². The SMILES string of the molecule is NC(=O)c1ccc(C2Cc3ccccc3C2)c2c1-c1ccccc1C2. The van der Waals surface area contributed by atoms with Crippen molar-refractivity contribution in [3.8, 4) is 11.1 Å². The fraction of sp³-hybridized carbons (Fsp3) is 0.174. The van der Waals surface area contributed by atoms with E-state index in [-0.39, 0.29) is 5.91 Å². The third kappa shape index (κ3) is 2.14. The molecule has 0 fully saturated rings. The number of rotatable bonds is 2. The molecule has 2 heteroatoms. The molecule has 2 N–H and O–H groups in total. The second kappa shape index (κ2) is 5.32. The van der Waals surface area contributed by atoms with E-state index in [1.165, 1.54) is 33.4 Å². The predicted molar refractivity (Wildman–Crippen MR) is 99.8 cm³/mol. The Labute approximate surface area is 147 Å². The van der Waals surface area contributed by atoms with Crippen LogP contribution in [0.4, 0.5) is 0 Å². The summed E-state index contributed by atoms with van der Waals surface area (Å²) in [4.78, 5) is 12.0. The normalized spacial score (nSPS) is 14.9. The topological polar surface area (TPSA) is 43.1 Å². The van der Waals surface area contributed by atoms with Gasteiger partial charge in [-0.1, -0.05) is 54.6 Å². The Morgan fingerprint density at radius 3 is 2.16 bits per heavy atom. The molecule has 0 radical (unpaired) electrons. The summed E-state index contributed by atoms with van der Waals surface area (Å²) < 4.78 is 0. The maximum atomic E-state index is 12.0. The zero-order valence-corrected chi connectivity index (χ0v) is 14.0. The summed E-state index contributed by atoms with van der Waals surface area (Å²) in [5.41, 5.74) is 15.5. The minimum absolute atomic E-state index is 0.339. The van der Waals surface area contributed by atoms with Crippen molar-refractivity contribution >= 4 is 5.91 Å². The molecule has 1 amide bonds. The van der Waals surface area contributed by atoms with Crippen LogP contribution in [0.25, 0.3) is 11.1 Å². The van der Waals surface area contributed by atoms with Crippen molar-refractivity contribution < 1.29 is 4.79 Å². The highest BCUT2D eigenvalue weighted by Crippen LogP contribution is 2.45. The first kappa shape index (κ1) is 14.5. The van der Waals surface area contributed by atoms with E-state index in [4.69, 9.17) is 5.73 Å². The summed E-state index contributed by atoms with van der Waals surface area (Å²) in [5.74, 6) is 0.150. The summed E-state index contributed by atoms with van der Waals surface area (Å²) in [5, 5.41) is 0. The highest BCUT2D eigenvalue weighted by atomic mass is 16.1. The second-order valence-electron chi connectivity index (χ2n) is 7.13. The minimum atomic E-state index is -0.339.